The average Bonchev–Trinajstić information content (AvgIpc) is 2.22. The van der Waals surface area contributed by atoms with Crippen molar-refractivity contribution in [2.24, 2.45) is 17.6 Å². The first-order chi connectivity index (χ1) is 8.65. The molecule has 0 rings (SSSR count). The summed E-state index contributed by atoms with van der Waals surface area (Å²) in [6.07, 6.45) is 0. The summed E-state index contributed by atoms with van der Waals surface area (Å²) >= 11 is 0. The molecule has 0 bridgehead atoms. The Bertz CT molecular complexity index is 342. The van der Waals surface area contributed by atoms with Gasteiger partial charge in [0.2, 0.25) is 5.91 Å². The van der Waals surface area contributed by atoms with E-state index in [0.29, 0.717) is 6.54 Å². The van der Waals surface area contributed by atoms with Crippen LogP contribution in [0.25, 0.3) is 0 Å². The molecular formula is C12H23N3O4. The van der Waals surface area contributed by atoms with Crippen LogP contribution in [0.4, 0.5) is 4.79 Å². The summed E-state index contributed by atoms with van der Waals surface area (Å²) in [6.45, 7) is 7.21. The Kier molecular flexibility index (Phi) is 6.89. The van der Waals surface area contributed by atoms with Gasteiger partial charge >= 0.3 is 12.0 Å². The molecule has 0 spiro atoms. The van der Waals surface area contributed by atoms with Gasteiger partial charge in [0.25, 0.3) is 0 Å². The molecule has 0 aliphatic carbocycles. The second-order valence-electron chi connectivity index (χ2n) is 5.24. The van der Waals surface area contributed by atoms with Crippen molar-refractivity contribution in [2.45, 2.75) is 33.7 Å². The number of hydrogen-bond acceptors (Lipinski definition) is 3. The molecule has 0 heterocycles. The van der Waals surface area contributed by atoms with Crippen LogP contribution in [-0.4, -0.2) is 47.0 Å². The average molecular weight is 273 g/mol. The fourth-order valence-corrected chi connectivity index (χ4v) is 1.70. The lowest BCUT2D eigenvalue weighted by atomic mass is 10.0. The Labute approximate surface area is 113 Å². The molecule has 0 aliphatic rings. The number of amides is 3. The van der Waals surface area contributed by atoms with E-state index in [1.54, 1.807) is 13.8 Å². The molecule has 110 valence electrons. The van der Waals surface area contributed by atoms with Crippen LogP contribution < -0.4 is 11.1 Å². The van der Waals surface area contributed by atoms with Gasteiger partial charge in [0.05, 0.1) is 0 Å². The normalized spacial score (nSPS) is 12.3. The molecule has 7 nitrogen and oxygen atoms in total. The lowest BCUT2D eigenvalue weighted by molar-refractivity contribution is -0.146. The summed E-state index contributed by atoms with van der Waals surface area (Å²) in [6, 6.07) is -1.61. The van der Waals surface area contributed by atoms with Crippen LogP contribution in [-0.2, 0) is 9.59 Å². The zero-order chi connectivity index (χ0) is 15.2. The van der Waals surface area contributed by atoms with Crippen molar-refractivity contribution in [3.63, 3.8) is 0 Å². The molecule has 1 atom stereocenters. The number of urea groups is 1. The van der Waals surface area contributed by atoms with E-state index in [2.05, 4.69) is 5.32 Å². The molecule has 0 fully saturated rings. The van der Waals surface area contributed by atoms with Crippen molar-refractivity contribution in [3.8, 4) is 0 Å². The van der Waals surface area contributed by atoms with E-state index in [1.165, 1.54) is 4.90 Å². The van der Waals surface area contributed by atoms with Gasteiger partial charge in [0, 0.05) is 6.54 Å². The van der Waals surface area contributed by atoms with Gasteiger partial charge in [-0.1, -0.05) is 27.7 Å². The number of nitrogens with one attached hydrogen (secondary N) is 1. The number of nitrogens with two attached hydrogens (primary N) is 1. The monoisotopic (exact) mass is 273 g/mol. The predicted molar refractivity (Wildman–Crippen MR) is 70.4 cm³/mol. The third kappa shape index (κ3) is 6.64. The minimum atomic E-state index is -1.09. The first-order valence-corrected chi connectivity index (χ1v) is 6.21. The smallest absolute Gasteiger partial charge is 0.323 e. The molecule has 0 aromatic heterocycles. The molecular weight excluding hydrogens is 250 g/mol. The summed E-state index contributed by atoms with van der Waals surface area (Å²) in [5.41, 5.74) is 5.03. The third-order valence-corrected chi connectivity index (χ3v) is 2.45. The highest BCUT2D eigenvalue weighted by molar-refractivity contribution is 5.88. The predicted octanol–water partition coefficient (Wildman–Crippen LogP) is 0.249. The van der Waals surface area contributed by atoms with Gasteiger partial charge in [-0.2, -0.15) is 0 Å². The Balaban J connectivity index is 4.99. The van der Waals surface area contributed by atoms with Gasteiger partial charge < -0.3 is 21.1 Å². The zero-order valence-corrected chi connectivity index (χ0v) is 11.8. The van der Waals surface area contributed by atoms with E-state index in [0.717, 1.165) is 0 Å². The minimum absolute atomic E-state index is 0.129. The topological polar surface area (TPSA) is 113 Å². The first-order valence-electron chi connectivity index (χ1n) is 6.21. The van der Waals surface area contributed by atoms with Crippen LogP contribution in [0.5, 0.6) is 0 Å². The SMILES string of the molecule is CC(C)CN(CC(=O)O)C(=O)C(NC(N)=O)C(C)C. The fourth-order valence-electron chi connectivity index (χ4n) is 1.70. The number of aliphatic carboxylic acids is 1. The maximum Gasteiger partial charge on any atom is 0.323 e. The van der Waals surface area contributed by atoms with Crippen LogP contribution in [0.1, 0.15) is 27.7 Å². The number of carboxylic acids is 1. The Morgan fingerprint density at radius 1 is 1.21 bits per heavy atom. The van der Waals surface area contributed by atoms with Crippen molar-refractivity contribution < 1.29 is 19.5 Å². The van der Waals surface area contributed by atoms with Crippen molar-refractivity contribution in [3.05, 3.63) is 0 Å². The summed E-state index contributed by atoms with van der Waals surface area (Å²) in [7, 11) is 0. The van der Waals surface area contributed by atoms with Crippen molar-refractivity contribution in [2.75, 3.05) is 13.1 Å². The molecule has 3 amide bonds. The van der Waals surface area contributed by atoms with Crippen molar-refractivity contribution in [1.82, 2.24) is 10.2 Å². The lowest BCUT2D eigenvalue weighted by Crippen LogP contribution is -2.54. The molecule has 19 heavy (non-hydrogen) atoms. The molecule has 0 aromatic carbocycles. The number of hydrogen-bond donors (Lipinski definition) is 3. The van der Waals surface area contributed by atoms with Crippen molar-refractivity contribution >= 4 is 17.9 Å². The largest absolute Gasteiger partial charge is 0.480 e. The van der Waals surface area contributed by atoms with E-state index < -0.39 is 23.9 Å². The first kappa shape index (κ1) is 17.2. The number of rotatable bonds is 7. The van der Waals surface area contributed by atoms with E-state index in [1.807, 2.05) is 13.8 Å². The molecule has 1 unspecified atom stereocenters. The number of carbonyl (C=O) groups is 3. The molecule has 0 radical (unpaired) electrons. The highest BCUT2D eigenvalue weighted by atomic mass is 16.4. The summed E-state index contributed by atoms with van der Waals surface area (Å²) in [5.74, 6) is -1.56. The number of nitrogens with zero attached hydrogens (tertiary/aromatic N) is 1. The maximum atomic E-state index is 12.3. The van der Waals surface area contributed by atoms with E-state index >= 15 is 0 Å². The van der Waals surface area contributed by atoms with Gasteiger partial charge in [-0.05, 0) is 11.8 Å². The number of carbonyl (C=O) groups excluding carboxylic acids is 2. The highest BCUT2D eigenvalue weighted by Crippen LogP contribution is 2.08. The Morgan fingerprint density at radius 3 is 2.05 bits per heavy atom. The number of carboxylic acid groups (broad SMARTS) is 1. The van der Waals surface area contributed by atoms with E-state index in [4.69, 9.17) is 10.8 Å². The van der Waals surface area contributed by atoms with Gasteiger partial charge in [-0.15, -0.1) is 0 Å². The van der Waals surface area contributed by atoms with Gasteiger partial charge in [-0.3, -0.25) is 9.59 Å². The van der Waals surface area contributed by atoms with Crippen LogP contribution in [0.15, 0.2) is 0 Å². The minimum Gasteiger partial charge on any atom is -0.480 e. The Morgan fingerprint density at radius 2 is 1.74 bits per heavy atom. The fraction of sp³-hybridized carbons (Fsp3) is 0.750. The summed E-state index contributed by atoms with van der Waals surface area (Å²) in [4.78, 5) is 35.2. The van der Waals surface area contributed by atoms with E-state index in [9.17, 15) is 14.4 Å². The molecule has 7 heteroatoms. The number of primary amides is 1. The van der Waals surface area contributed by atoms with Crippen LogP contribution in [0.2, 0.25) is 0 Å². The van der Waals surface area contributed by atoms with Crippen LogP contribution in [0, 0.1) is 11.8 Å². The van der Waals surface area contributed by atoms with Gasteiger partial charge in [0.1, 0.15) is 12.6 Å². The zero-order valence-electron chi connectivity index (χ0n) is 11.8. The third-order valence-electron chi connectivity index (χ3n) is 2.45. The van der Waals surface area contributed by atoms with Crippen LogP contribution in [0.3, 0.4) is 0 Å². The molecule has 0 saturated heterocycles. The molecule has 4 N–H and O–H groups in total. The second kappa shape index (κ2) is 7.60. The van der Waals surface area contributed by atoms with Crippen molar-refractivity contribution in [1.29, 1.82) is 0 Å². The van der Waals surface area contributed by atoms with Crippen LogP contribution >= 0.6 is 0 Å². The van der Waals surface area contributed by atoms with Gasteiger partial charge in [0.15, 0.2) is 0 Å². The Hall–Kier alpha value is -1.79. The molecule has 0 aromatic rings. The molecule has 0 aliphatic heterocycles. The standard InChI is InChI=1S/C12H23N3O4/c1-7(2)5-15(6-9(16)17)11(18)10(8(3)4)14-12(13)19/h7-8,10H,5-6H2,1-4H3,(H,16,17)(H3,13,14,19). The summed E-state index contributed by atoms with van der Waals surface area (Å²) < 4.78 is 0. The maximum absolute atomic E-state index is 12.3. The van der Waals surface area contributed by atoms with Gasteiger partial charge in [-0.25, -0.2) is 4.79 Å². The lowest BCUT2D eigenvalue weighted by Gasteiger charge is -2.29. The second-order valence-corrected chi connectivity index (χ2v) is 5.24. The highest BCUT2D eigenvalue weighted by Gasteiger charge is 2.29. The van der Waals surface area contributed by atoms with E-state index in [-0.39, 0.29) is 18.4 Å². The quantitative estimate of drug-likeness (QED) is 0.617. The molecule has 0 saturated carbocycles. The summed E-state index contributed by atoms with van der Waals surface area (Å²) in [5, 5.41) is 11.2.